The Balaban J connectivity index is 1.92. The highest BCUT2D eigenvalue weighted by molar-refractivity contribution is 6.28. The maximum absolute atomic E-state index is 13.2. The third-order valence-corrected chi connectivity index (χ3v) is 2.30. The molecule has 0 saturated heterocycles. The molecule has 2 aromatic rings. The van der Waals surface area contributed by atoms with Gasteiger partial charge in [-0.2, -0.15) is 4.98 Å². The first-order chi connectivity index (χ1) is 8.25. The molecule has 17 heavy (non-hydrogen) atoms. The van der Waals surface area contributed by atoms with Crippen LogP contribution in [0, 0.1) is 5.82 Å². The number of rotatable bonds is 4. The molecule has 0 aliphatic heterocycles. The summed E-state index contributed by atoms with van der Waals surface area (Å²) in [6.45, 7) is 0.529. The van der Waals surface area contributed by atoms with Gasteiger partial charge < -0.3 is 5.32 Å². The summed E-state index contributed by atoms with van der Waals surface area (Å²) in [7, 11) is 0. The van der Waals surface area contributed by atoms with Crippen molar-refractivity contribution in [3.8, 4) is 0 Å². The maximum atomic E-state index is 13.2. The third-order valence-electron chi connectivity index (χ3n) is 2.11. The van der Waals surface area contributed by atoms with Crippen molar-refractivity contribution in [3.63, 3.8) is 0 Å². The van der Waals surface area contributed by atoms with Crippen molar-refractivity contribution < 1.29 is 4.39 Å². The van der Waals surface area contributed by atoms with Gasteiger partial charge in [0.15, 0.2) is 11.6 Å². The smallest absolute Gasteiger partial charge is 0.224 e. The van der Waals surface area contributed by atoms with Crippen LogP contribution in [0.2, 0.25) is 5.28 Å². The molecular weight excluding hydrogens is 243 g/mol. The van der Waals surface area contributed by atoms with E-state index in [1.165, 1.54) is 0 Å². The number of halogens is 2. The molecule has 0 saturated carbocycles. The van der Waals surface area contributed by atoms with Crippen molar-refractivity contribution in [2.75, 3.05) is 11.9 Å². The molecule has 6 heteroatoms. The topological polar surface area (TPSA) is 50.7 Å². The van der Waals surface area contributed by atoms with Gasteiger partial charge in [0, 0.05) is 24.9 Å². The van der Waals surface area contributed by atoms with Crippen molar-refractivity contribution in [1.29, 1.82) is 0 Å². The second-order valence-electron chi connectivity index (χ2n) is 3.33. The lowest BCUT2D eigenvalue weighted by atomic mass is 10.3. The summed E-state index contributed by atoms with van der Waals surface area (Å²) in [5, 5.41) is 2.87. The number of hydrogen-bond donors (Lipinski definition) is 1. The lowest BCUT2D eigenvalue weighted by Gasteiger charge is -2.05. The first-order valence-electron chi connectivity index (χ1n) is 5.07. The Labute approximate surface area is 103 Å². The van der Waals surface area contributed by atoms with Crippen LogP contribution in [0.25, 0.3) is 0 Å². The summed E-state index contributed by atoms with van der Waals surface area (Å²) in [5.41, 5.74) is 0.931. The summed E-state index contributed by atoms with van der Waals surface area (Å²) in [6.07, 6.45) is 3.44. The molecule has 2 aromatic heterocycles. The minimum atomic E-state index is -0.518. The molecule has 0 radical (unpaired) electrons. The molecule has 0 amide bonds. The van der Waals surface area contributed by atoms with Crippen LogP contribution in [-0.4, -0.2) is 21.5 Å². The van der Waals surface area contributed by atoms with Crippen LogP contribution < -0.4 is 5.32 Å². The summed E-state index contributed by atoms with van der Waals surface area (Å²) in [5.74, 6) is -0.406. The van der Waals surface area contributed by atoms with E-state index < -0.39 is 5.82 Å². The SMILES string of the molecule is Fc1cnc(Cl)nc1NCCc1ccccn1. The molecule has 0 spiro atoms. The number of anilines is 1. The molecule has 0 aromatic carbocycles. The lowest BCUT2D eigenvalue weighted by molar-refractivity contribution is 0.616. The zero-order valence-corrected chi connectivity index (χ0v) is 9.65. The fourth-order valence-corrected chi connectivity index (χ4v) is 1.46. The Hall–Kier alpha value is -1.75. The summed E-state index contributed by atoms with van der Waals surface area (Å²) < 4.78 is 13.2. The molecule has 4 nitrogen and oxygen atoms in total. The second kappa shape index (κ2) is 5.54. The van der Waals surface area contributed by atoms with Gasteiger partial charge >= 0.3 is 0 Å². The Morgan fingerprint density at radius 2 is 2.18 bits per heavy atom. The molecule has 2 rings (SSSR count). The number of nitrogens with zero attached hydrogens (tertiary/aromatic N) is 3. The number of nitrogens with one attached hydrogen (secondary N) is 1. The highest BCUT2D eigenvalue weighted by atomic mass is 35.5. The summed E-state index contributed by atoms with van der Waals surface area (Å²) in [4.78, 5) is 11.4. The molecule has 0 aliphatic carbocycles. The second-order valence-corrected chi connectivity index (χ2v) is 3.67. The molecule has 0 bridgehead atoms. The van der Waals surface area contributed by atoms with Gasteiger partial charge in [-0.25, -0.2) is 9.37 Å². The zero-order valence-electron chi connectivity index (χ0n) is 8.90. The van der Waals surface area contributed by atoms with Crippen molar-refractivity contribution in [2.45, 2.75) is 6.42 Å². The Morgan fingerprint density at radius 1 is 1.29 bits per heavy atom. The van der Waals surface area contributed by atoms with E-state index >= 15 is 0 Å². The van der Waals surface area contributed by atoms with Gasteiger partial charge in [0.1, 0.15) is 0 Å². The van der Waals surface area contributed by atoms with Gasteiger partial charge in [0.05, 0.1) is 6.20 Å². The van der Waals surface area contributed by atoms with E-state index in [0.717, 1.165) is 11.9 Å². The Kier molecular flexibility index (Phi) is 3.82. The zero-order chi connectivity index (χ0) is 12.1. The van der Waals surface area contributed by atoms with Gasteiger partial charge in [0.25, 0.3) is 0 Å². The minimum Gasteiger partial charge on any atom is -0.367 e. The van der Waals surface area contributed by atoms with Gasteiger partial charge in [-0.1, -0.05) is 6.07 Å². The molecule has 1 N–H and O–H groups in total. The molecule has 88 valence electrons. The highest BCUT2D eigenvalue weighted by Gasteiger charge is 2.04. The van der Waals surface area contributed by atoms with Crippen LogP contribution in [0.1, 0.15) is 5.69 Å². The minimum absolute atomic E-state index is 0.0201. The molecular formula is C11H10ClFN4. The highest BCUT2D eigenvalue weighted by Crippen LogP contribution is 2.11. The Bertz CT molecular complexity index is 492. The fourth-order valence-electron chi connectivity index (χ4n) is 1.32. The van der Waals surface area contributed by atoms with E-state index in [2.05, 4.69) is 20.3 Å². The van der Waals surface area contributed by atoms with E-state index in [4.69, 9.17) is 11.6 Å². The average Bonchev–Trinajstić information content (AvgIpc) is 2.35. The van der Waals surface area contributed by atoms with Crippen molar-refractivity contribution in [1.82, 2.24) is 15.0 Å². The predicted molar refractivity (Wildman–Crippen MR) is 63.4 cm³/mol. The van der Waals surface area contributed by atoms with E-state index in [9.17, 15) is 4.39 Å². The van der Waals surface area contributed by atoms with Gasteiger partial charge in [0.2, 0.25) is 5.28 Å². The maximum Gasteiger partial charge on any atom is 0.224 e. The van der Waals surface area contributed by atoms with E-state index in [1.54, 1.807) is 6.20 Å². The molecule has 0 atom stereocenters. The fraction of sp³-hybridized carbons (Fsp3) is 0.182. The van der Waals surface area contributed by atoms with Crippen LogP contribution in [0.4, 0.5) is 10.2 Å². The van der Waals surface area contributed by atoms with Crippen LogP contribution in [0.3, 0.4) is 0 Å². The van der Waals surface area contributed by atoms with Gasteiger partial charge in [-0.15, -0.1) is 0 Å². The average molecular weight is 253 g/mol. The standard InChI is InChI=1S/C11H10ClFN4/c12-11-16-7-9(13)10(17-11)15-6-4-8-3-1-2-5-14-8/h1-3,5,7H,4,6H2,(H,15,16,17). The molecule has 0 unspecified atom stereocenters. The van der Waals surface area contributed by atoms with Crippen molar-refractivity contribution >= 4 is 17.4 Å². The normalized spacial score (nSPS) is 10.2. The summed E-state index contributed by atoms with van der Waals surface area (Å²) >= 11 is 5.57. The number of aromatic nitrogens is 3. The van der Waals surface area contributed by atoms with Crippen LogP contribution in [-0.2, 0) is 6.42 Å². The third kappa shape index (κ3) is 3.35. The number of pyridine rings is 1. The van der Waals surface area contributed by atoms with Crippen LogP contribution in [0.15, 0.2) is 30.6 Å². The van der Waals surface area contributed by atoms with E-state index in [-0.39, 0.29) is 11.1 Å². The first-order valence-corrected chi connectivity index (χ1v) is 5.45. The molecule has 0 fully saturated rings. The molecule has 2 heterocycles. The molecule has 0 aliphatic rings. The van der Waals surface area contributed by atoms with Crippen LogP contribution >= 0.6 is 11.6 Å². The largest absolute Gasteiger partial charge is 0.367 e. The summed E-state index contributed by atoms with van der Waals surface area (Å²) in [6, 6.07) is 5.66. The quantitative estimate of drug-likeness (QED) is 0.849. The van der Waals surface area contributed by atoms with Crippen molar-refractivity contribution in [3.05, 3.63) is 47.4 Å². The van der Waals surface area contributed by atoms with E-state index in [1.807, 2.05) is 18.2 Å². The van der Waals surface area contributed by atoms with Crippen molar-refractivity contribution in [2.24, 2.45) is 0 Å². The van der Waals surface area contributed by atoms with E-state index in [0.29, 0.717) is 13.0 Å². The predicted octanol–water partition coefficient (Wildman–Crippen LogP) is 2.32. The van der Waals surface area contributed by atoms with Crippen LogP contribution in [0.5, 0.6) is 0 Å². The monoisotopic (exact) mass is 252 g/mol. The lowest BCUT2D eigenvalue weighted by Crippen LogP contribution is -2.09. The van der Waals surface area contributed by atoms with Gasteiger partial charge in [-0.3, -0.25) is 4.98 Å². The van der Waals surface area contributed by atoms with Gasteiger partial charge in [-0.05, 0) is 23.7 Å². The number of hydrogen-bond acceptors (Lipinski definition) is 4. The first kappa shape index (κ1) is 11.7. The Morgan fingerprint density at radius 3 is 2.94 bits per heavy atom.